The van der Waals surface area contributed by atoms with Gasteiger partial charge < -0.3 is 16.0 Å². The fraction of sp³-hybridized carbons (Fsp3) is 0.364. The molecular formula is C33H43Cl3N4O. The van der Waals surface area contributed by atoms with Crippen molar-refractivity contribution in [2.24, 2.45) is 5.73 Å². The van der Waals surface area contributed by atoms with Crippen molar-refractivity contribution in [1.82, 2.24) is 15.1 Å². The molecule has 0 aliphatic carbocycles. The van der Waals surface area contributed by atoms with Crippen LogP contribution in [0.15, 0.2) is 84.9 Å². The fourth-order valence-corrected chi connectivity index (χ4v) is 5.73. The van der Waals surface area contributed by atoms with Gasteiger partial charge in [-0.05, 0) is 45.7 Å². The Morgan fingerprint density at radius 1 is 0.902 bits per heavy atom. The van der Waals surface area contributed by atoms with Crippen LogP contribution in [-0.4, -0.2) is 60.5 Å². The minimum Gasteiger partial charge on any atom is -0.336 e. The van der Waals surface area contributed by atoms with Gasteiger partial charge in [-0.2, -0.15) is 0 Å². The number of rotatable bonds is 10. The van der Waals surface area contributed by atoms with E-state index in [2.05, 4.69) is 82.7 Å². The molecule has 1 aliphatic rings. The van der Waals surface area contributed by atoms with Crippen molar-refractivity contribution in [2.75, 3.05) is 32.7 Å². The molecule has 0 aromatic heterocycles. The molecule has 0 radical (unpaired) electrons. The quantitative estimate of drug-likeness (QED) is 0.208. The van der Waals surface area contributed by atoms with Gasteiger partial charge in [0.15, 0.2) is 0 Å². The monoisotopic (exact) mass is 616 g/mol. The molecule has 1 unspecified atom stereocenters. The number of nitrogens with zero attached hydrogens (tertiary/aromatic N) is 2. The molecule has 3 N–H and O–H groups in total. The molecule has 41 heavy (non-hydrogen) atoms. The molecule has 1 amide bonds. The van der Waals surface area contributed by atoms with E-state index in [1.165, 1.54) is 16.3 Å². The van der Waals surface area contributed by atoms with Gasteiger partial charge in [0.1, 0.15) is 0 Å². The molecule has 1 saturated heterocycles. The van der Waals surface area contributed by atoms with E-state index in [-0.39, 0.29) is 49.2 Å². The first-order chi connectivity index (χ1) is 18.7. The highest BCUT2D eigenvalue weighted by Crippen LogP contribution is 2.23. The molecule has 1 fully saturated rings. The number of piperazine rings is 1. The van der Waals surface area contributed by atoms with E-state index in [4.69, 9.17) is 5.73 Å². The SMILES string of the molecule is CCCC[C@H]1CN(C(=O)c2cccc3ccccc23)CCN1CC(CN)NCc1ccc2ccccc2c1.Cl.Cl.Cl. The lowest BCUT2D eigenvalue weighted by Crippen LogP contribution is -2.58. The molecule has 0 bridgehead atoms. The van der Waals surface area contributed by atoms with Gasteiger partial charge >= 0.3 is 0 Å². The number of carbonyl (C=O) groups is 1. The summed E-state index contributed by atoms with van der Waals surface area (Å²) in [6, 6.07) is 29.9. The smallest absolute Gasteiger partial charge is 0.254 e. The number of nitrogens with one attached hydrogen (secondary N) is 1. The zero-order chi connectivity index (χ0) is 26.3. The lowest BCUT2D eigenvalue weighted by molar-refractivity contribution is 0.0432. The summed E-state index contributed by atoms with van der Waals surface area (Å²) in [6.07, 6.45) is 3.41. The minimum atomic E-state index is 0. The normalized spacial score (nSPS) is 16.0. The van der Waals surface area contributed by atoms with E-state index in [0.29, 0.717) is 12.6 Å². The lowest BCUT2D eigenvalue weighted by atomic mass is 10.0. The third kappa shape index (κ3) is 8.57. The summed E-state index contributed by atoms with van der Waals surface area (Å²) in [7, 11) is 0. The number of unbranched alkanes of at least 4 members (excludes halogenated alkanes) is 1. The summed E-state index contributed by atoms with van der Waals surface area (Å²) in [6.45, 7) is 6.90. The lowest BCUT2D eigenvalue weighted by Gasteiger charge is -2.43. The molecule has 2 atom stereocenters. The van der Waals surface area contributed by atoms with E-state index in [9.17, 15) is 4.79 Å². The van der Waals surface area contributed by atoms with E-state index in [0.717, 1.165) is 68.3 Å². The Bertz CT molecular complexity index is 1380. The molecule has 1 heterocycles. The first kappa shape index (κ1) is 34.8. The highest BCUT2D eigenvalue weighted by atomic mass is 35.5. The number of hydrogen-bond acceptors (Lipinski definition) is 4. The van der Waals surface area contributed by atoms with Gasteiger partial charge in [0.05, 0.1) is 0 Å². The van der Waals surface area contributed by atoms with Crippen molar-refractivity contribution >= 4 is 64.7 Å². The Labute approximate surface area is 263 Å². The van der Waals surface area contributed by atoms with Gasteiger partial charge in [-0.3, -0.25) is 9.69 Å². The predicted octanol–water partition coefficient (Wildman–Crippen LogP) is 6.69. The maximum atomic E-state index is 13.6. The first-order valence-corrected chi connectivity index (χ1v) is 14.1. The Kier molecular flexibility index (Phi) is 14.4. The van der Waals surface area contributed by atoms with Gasteiger partial charge in [0.2, 0.25) is 0 Å². The van der Waals surface area contributed by atoms with Gasteiger partial charge in [0, 0.05) is 56.9 Å². The number of carbonyl (C=O) groups excluding carboxylic acids is 1. The van der Waals surface area contributed by atoms with E-state index in [1.54, 1.807) is 0 Å². The molecule has 8 heteroatoms. The van der Waals surface area contributed by atoms with Crippen LogP contribution < -0.4 is 11.1 Å². The van der Waals surface area contributed by atoms with E-state index in [1.807, 2.05) is 24.3 Å². The summed E-state index contributed by atoms with van der Waals surface area (Å²) < 4.78 is 0. The van der Waals surface area contributed by atoms with Crippen LogP contribution in [0.2, 0.25) is 0 Å². The third-order valence-corrected chi connectivity index (χ3v) is 7.95. The van der Waals surface area contributed by atoms with Gasteiger partial charge in [-0.1, -0.05) is 92.6 Å². The standard InChI is InChI=1S/C33H40N4O.3ClH/c1-2-3-13-30-24-37(33(38)32-15-8-12-27-10-6-7-14-31(27)32)19-18-36(30)23-29(21-34)35-22-25-16-17-26-9-4-5-11-28(26)20-25;;;/h4-12,14-17,20,29-30,35H,2-3,13,18-19,21-24,34H2,1H3;3*1H/t29?,30-;;;/m0.../s1. The second-order valence-electron chi connectivity index (χ2n) is 10.6. The van der Waals surface area contributed by atoms with Crippen LogP contribution in [0.5, 0.6) is 0 Å². The average molecular weight is 618 g/mol. The highest BCUT2D eigenvalue weighted by molar-refractivity contribution is 6.07. The van der Waals surface area contributed by atoms with Crippen molar-refractivity contribution in [3.63, 3.8) is 0 Å². The van der Waals surface area contributed by atoms with Gasteiger partial charge in [-0.25, -0.2) is 0 Å². The zero-order valence-corrected chi connectivity index (χ0v) is 26.2. The van der Waals surface area contributed by atoms with Crippen LogP contribution in [0.1, 0.15) is 42.1 Å². The summed E-state index contributed by atoms with van der Waals surface area (Å²) >= 11 is 0. The fourth-order valence-electron chi connectivity index (χ4n) is 5.73. The Hall–Kier alpha value is -2.38. The van der Waals surface area contributed by atoms with Gasteiger partial charge in [-0.15, -0.1) is 37.2 Å². The minimum absolute atomic E-state index is 0. The third-order valence-electron chi connectivity index (χ3n) is 7.95. The van der Waals surface area contributed by atoms with Crippen LogP contribution in [-0.2, 0) is 6.54 Å². The average Bonchev–Trinajstić information content (AvgIpc) is 2.97. The van der Waals surface area contributed by atoms with Crippen molar-refractivity contribution in [2.45, 2.75) is 44.8 Å². The number of benzene rings is 4. The van der Waals surface area contributed by atoms with Gasteiger partial charge in [0.25, 0.3) is 5.91 Å². The largest absolute Gasteiger partial charge is 0.336 e. The van der Waals surface area contributed by atoms with Crippen LogP contribution in [0.4, 0.5) is 0 Å². The summed E-state index contributed by atoms with van der Waals surface area (Å²) in [5, 5.41) is 8.39. The number of nitrogens with two attached hydrogens (primary N) is 1. The van der Waals surface area contributed by atoms with Crippen LogP contribution in [0.25, 0.3) is 21.5 Å². The Morgan fingerprint density at radius 2 is 1.61 bits per heavy atom. The summed E-state index contributed by atoms with van der Waals surface area (Å²) in [5.41, 5.74) is 8.32. The number of hydrogen-bond donors (Lipinski definition) is 2. The van der Waals surface area contributed by atoms with E-state index >= 15 is 0 Å². The summed E-state index contributed by atoms with van der Waals surface area (Å²) in [4.78, 5) is 18.3. The van der Waals surface area contributed by atoms with Crippen LogP contribution in [0, 0.1) is 0 Å². The number of amides is 1. The van der Waals surface area contributed by atoms with Crippen LogP contribution in [0.3, 0.4) is 0 Å². The van der Waals surface area contributed by atoms with Crippen molar-refractivity contribution in [3.8, 4) is 0 Å². The number of fused-ring (bicyclic) bond motifs is 2. The van der Waals surface area contributed by atoms with Crippen molar-refractivity contribution in [3.05, 3.63) is 96.1 Å². The molecule has 1 aliphatic heterocycles. The molecule has 0 spiro atoms. The molecule has 5 rings (SSSR count). The molecule has 4 aromatic rings. The zero-order valence-electron chi connectivity index (χ0n) is 23.7. The Morgan fingerprint density at radius 3 is 2.37 bits per heavy atom. The van der Waals surface area contributed by atoms with Crippen LogP contribution >= 0.6 is 37.2 Å². The molecule has 5 nitrogen and oxygen atoms in total. The molecule has 222 valence electrons. The van der Waals surface area contributed by atoms with Crippen molar-refractivity contribution < 1.29 is 4.79 Å². The predicted molar refractivity (Wildman–Crippen MR) is 180 cm³/mol. The number of halogens is 3. The first-order valence-electron chi connectivity index (χ1n) is 14.1. The Balaban J connectivity index is 0.00000196. The summed E-state index contributed by atoms with van der Waals surface area (Å²) in [5.74, 6) is 0.146. The maximum absolute atomic E-state index is 13.6. The second-order valence-corrected chi connectivity index (χ2v) is 10.6. The highest BCUT2D eigenvalue weighted by Gasteiger charge is 2.31. The van der Waals surface area contributed by atoms with E-state index < -0.39 is 0 Å². The molecular weight excluding hydrogens is 575 g/mol. The maximum Gasteiger partial charge on any atom is 0.254 e. The molecule has 4 aromatic carbocycles. The topological polar surface area (TPSA) is 61.6 Å². The van der Waals surface area contributed by atoms with Crippen molar-refractivity contribution in [1.29, 1.82) is 0 Å². The second kappa shape index (κ2) is 16.9. The molecule has 0 saturated carbocycles.